The van der Waals surface area contributed by atoms with Gasteiger partial charge in [0.15, 0.2) is 0 Å². The molecule has 0 bridgehead atoms. The van der Waals surface area contributed by atoms with Gasteiger partial charge in [0.2, 0.25) is 5.13 Å². The predicted molar refractivity (Wildman–Crippen MR) is 103 cm³/mol. The number of nitrogens with zero attached hydrogens (tertiary/aromatic N) is 3. The van der Waals surface area contributed by atoms with Gasteiger partial charge in [0.25, 0.3) is 0 Å². The molecule has 128 valence electrons. The number of benzene rings is 1. The van der Waals surface area contributed by atoms with Gasteiger partial charge >= 0.3 is 0 Å². The smallest absolute Gasteiger partial charge is 0.205 e. The average Bonchev–Trinajstić information content (AvgIpc) is 3.02. The topological polar surface area (TPSA) is 66.5 Å². The number of hydrazone groups is 1. The Morgan fingerprint density at radius 2 is 2.12 bits per heavy atom. The van der Waals surface area contributed by atoms with Crippen molar-refractivity contribution < 1.29 is 0 Å². The maximum atomic E-state index is 5.61. The van der Waals surface area contributed by atoms with Gasteiger partial charge in [0.1, 0.15) is 5.82 Å². The third-order valence-corrected chi connectivity index (χ3v) is 5.32. The standard InChI is InChI=1S/C18H25N5S/c1-23(16-9-3-2-4-10-16)12-15-8-6-5-7-14(15)11-20-22-18-21-17(19)13-24-18/h5-8,11,13,16H,2-4,9-10,12,19H2,1H3,(H,21,22). The molecule has 24 heavy (non-hydrogen) atoms. The van der Waals surface area contributed by atoms with E-state index < -0.39 is 0 Å². The van der Waals surface area contributed by atoms with E-state index in [-0.39, 0.29) is 0 Å². The van der Waals surface area contributed by atoms with Crippen LogP contribution in [0.5, 0.6) is 0 Å². The van der Waals surface area contributed by atoms with Crippen LogP contribution < -0.4 is 11.2 Å². The molecule has 1 aliphatic rings. The first-order valence-corrected chi connectivity index (χ1v) is 9.38. The van der Waals surface area contributed by atoms with Crippen molar-refractivity contribution in [3.05, 3.63) is 40.8 Å². The summed E-state index contributed by atoms with van der Waals surface area (Å²) in [5, 5.41) is 6.81. The fourth-order valence-electron chi connectivity index (χ4n) is 3.22. The maximum Gasteiger partial charge on any atom is 0.205 e. The lowest BCUT2D eigenvalue weighted by Crippen LogP contribution is -2.33. The molecule has 3 N–H and O–H groups in total. The Kier molecular flexibility index (Phi) is 5.82. The molecule has 0 amide bonds. The Morgan fingerprint density at radius 1 is 1.33 bits per heavy atom. The van der Waals surface area contributed by atoms with Crippen LogP contribution in [0.4, 0.5) is 10.9 Å². The molecule has 2 aromatic rings. The van der Waals surface area contributed by atoms with Crippen LogP contribution in [0.25, 0.3) is 0 Å². The number of nitrogen functional groups attached to an aromatic ring is 1. The van der Waals surface area contributed by atoms with Gasteiger partial charge in [0.05, 0.1) is 6.21 Å². The van der Waals surface area contributed by atoms with E-state index in [2.05, 4.69) is 45.7 Å². The van der Waals surface area contributed by atoms with Crippen LogP contribution in [0, 0.1) is 0 Å². The molecule has 1 fully saturated rings. The van der Waals surface area contributed by atoms with Crippen LogP contribution in [0.2, 0.25) is 0 Å². The first-order chi connectivity index (χ1) is 11.7. The molecular weight excluding hydrogens is 318 g/mol. The highest BCUT2D eigenvalue weighted by atomic mass is 32.1. The lowest BCUT2D eigenvalue weighted by Gasteiger charge is -2.31. The number of hydrogen-bond donors (Lipinski definition) is 2. The Balaban J connectivity index is 1.63. The summed E-state index contributed by atoms with van der Waals surface area (Å²) in [5.74, 6) is 0.521. The van der Waals surface area contributed by atoms with Crippen molar-refractivity contribution >= 4 is 28.5 Å². The lowest BCUT2D eigenvalue weighted by atomic mass is 9.94. The molecule has 5 nitrogen and oxygen atoms in total. The minimum Gasteiger partial charge on any atom is -0.383 e. The highest BCUT2D eigenvalue weighted by Crippen LogP contribution is 2.23. The van der Waals surface area contributed by atoms with E-state index in [0.717, 1.165) is 12.1 Å². The van der Waals surface area contributed by atoms with Crippen molar-refractivity contribution in [2.24, 2.45) is 5.10 Å². The van der Waals surface area contributed by atoms with Crippen LogP contribution in [0.1, 0.15) is 43.2 Å². The van der Waals surface area contributed by atoms with E-state index in [1.807, 2.05) is 12.3 Å². The maximum absolute atomic E-state index is 5.61. The SMILES string of the molecule is CN(Cc1ccccc1C=NNc1nc(N)cs1)C1CCCCC1. The molecule has 1 heterocycles. The van der Waals surface area contributed by atoms with Gasteiger partial charge in [-0.2, -0.15) is 5.10 Å². The summed E-state index contributed by atoms with van der Waals surface area (Å²) < 4.78 is 0. The summed E-state index contributed by atoms with van der Waals surface area (Å²) in [6.07, 6.45) is 8.61. The molecular formula is C18H25N5S. The zero-order valence-corrected chi connectivity index (χ0v) is 14.9. The summed E-state index contributed by atoms with van der Waals surface area (Å²) in [4.78, 5) is 6.62. The molecule has 0 unspecified atom stereocenters. The van der Waals surface area contributed by atoms with E-state index in [0.29, 0.717) is 17.0 Å². The summed E-state index contributed by atoms with van der Waals surface area (Å²) in [6, 6.07) is 9.14. The molecule has 0 aliphatic heterocycles. The number of nitrogens with two attached hydrogens (primary N) is 1. The minimum atomic E-state index is 0.521. The quantitative estimate of drug-likeness (QED) is 0.616. The van der Waals surface area contributed by atoms with Gasteiger partial charge in [-0.3, -0.25) is 10.3 Å². The van der Waals surface area contributed by atoms with Crippen LogP contribution in [0.15, 0.2) is 34.7 Å². The fraction of sp³-hybridized carbons (Fsp3) is 0.444. The van der Waals surface area contributed by atoms with Crippen LogP contribution in [0.3, 0.4) is 0 Å². The number of aromatic nitrogens is 1. The third kappa shape index (κ3) is 4.55. The number of anilines is 2. The predicted octanol–water partition coefficient (Wildman–Crippen LogP) is 3.94. The normalized spacial score (nSPS) is 16.1. The molecule has 0 spiro atoms. The molecule has 1 saturated carbocycles. The van der Waals surface area contributed by atoms with Gasteiger partial charge < -0.3 is 5.73 Å². The third-order valence-electron chi connectivity index (χ3n) is 4.56. The van der Waals surface area contributed by atoms with Crippen LogP contribution >= 0.6 is 11.3 Å². The first-order valence-electron chi connectivity index (χ1n) is 8.50. The largest absolute Gasteiger partial charge is 0.383 e. The summed E-state index contributed by atoms with van der Waals surface area (Å²) in [7, 11) is 2.24. The molecule has 6 heteroatoms. The van der Waals surface area contributed by atoms with E-state index >= 15 is 0 Å². The van der Waals surface area contributed by atoms with E-state index in [1.54, 1.807) is 5.38 Å². The van der Waals surface area contributed by atoms with E-state index in [4.69, 9.17) is 5.73 Å². The second kappa shape index (κ2) is 8.26. The molecule has 1 aromatic heterocycles. The van der Waals surface area contributed by atoms with Crippen molar-refractivity contribution in [1.82, 2.24) is 9.88 Å². The van der Waals surface area contributed by atoms with Gasteiger partial charge in [-0.15, -0.1) is 11.3 Å². The van der Waals surface area contributed by atoms with Crippen molar-refractivity contribution in [2.45, 2.75) is 44.7 Å². The molecule has 0 saturated heterocycles. The average molecular weight is 344 g/mol. The van der Waals surface area contributed by atoms with Gasteiger partial charge in [0, 0.05) is 18.0 Å². The number of hydrogen-bond acceptors (Lipinski definition) is 6. The van der Waals surface area contributed by atoms with Crippen molar-refractivity contribution in [3.8, 4) is 0 Å². The van der Waals surface area contributed by atoms with Crippen molar-refractivity contribution in [2.75, 3.05) is 18.2 Å². The number of nitrogens with one attached hydrogen (secondary N) is 1. The van der Waals surface area contributed by atoms with Crippen LogP contribution in [-0.2, 0) is 6.54 Å². The minimum absolute atomic E-state index is 0.521. The highest BCUT2D eigenvalue weighted by molar-refractivity contribution is 7.14. The summed E-state index contributed by atoms with van der Waals surface area (Å²) in [5.41, 5.74) is 11.0. The Hall–Kier alpha value is -1.92. The number of rotatable bonds is 6. The molecule has 3 rings (SSSR count). The van der Waals surface area contributed by atoms with Gasteiger partial charge in [-0.1, -0.05) is 43.5 Å². The van der Waals surface area contributed by atoms with Crippen molar-refractivity contribution in [1.29, 1.82) is 0 Å². The Labute approximate surface area is 147 Å². The molecule has 1 aliphatic carbocycles. The molecule has 0 radical (unpaired) electrons. The van der Waals surface area contributed by atoms with Gasteiger partial charge in [-0.05, 0) is 31.0 Å². The second-order valence-corrected chi connectivity index (χ2v) is 7.21. The second-order valence-electron chi connectivity index (χ2n) is 6.35. The van der Waals surface area contributed by atoms with Crippen LogP contribution in [-0.4, -0.2) is 29.2 Å². The fourth-order valence-corrected chi connectivity index (χ4v) is 3.77. The van der Waals surface area contributed by atoms with E-state index in [1.165, 1.54) is 49.0 Å². The summed E-state index contributed by atoms with van der Waals surface area (Å²) in [6.45, 7) is 0.955. The zero-order valence-electron chi connectivity index (χ0n) is 14.1. The number of thiazole rings is 1. The Bertz CT molecular complexity index is 676. The first kappa shape index (κ1) is 16.9. The van der Waals surface area contributed by atoms with Crippen molar-refractivity contribution in [3.63, 3.8) is 0 Å². The summed E-state index contributed by atoms with van der Waals surface area (Å²) >= 11 is 1.45. The Morgan fingerprint density at radius 3 is 2.88 bits per heavy atom. The lowest BCUT2D eigenvalue weighted by molar-refractivity contribution is 0.184. The monoisotopic (exact) mass is 343 g/mol. The zero-order chi connectivity index (χ0) is 16.8. The molecule has 1 aromatic carbocycles. The molecule has 0 atom stereocenters. The van der Waals surface area contributed by atoms with Gasteiger partial charge in [-0.25, -0.2) is 4.98 Å². The van der Waals surface area contributed by atoms with E-state index in [9.17, 15) is 0 Å². The highest BCUT2D eigenvalue weighted by Gasteiger charge is 2.18.